The summed E-state index contributed by atoms with van der Waals surface area (Å²) in [6.45, 7) is 3.73. The highest BCUT2D eigenvalue weighted by Crippen LogP contribution is 2.27. The highest BCUT2D eigenvalue weighted by atomic mass is 16.3. The number of aromatic hydroxyl groups is 1. The summed E-state index contributed by atoms with van der Waals surface area (Å²) >= 11 is 0. The Balaban J connectivity index is 2.92. The maximum atomic E-state index is 9.56. The zero-order chi connectivity index (χ0) is 9.26. The molecule has 0 heterocycles. The monoisotopic (exact) mass is 170 g/mol. The minimum absolute atomic E-state index is 0.321. The Morgan fingerprint density at radius 3 is 2.38 bits per heavy atom. The van der Waals surface area contributed by atoms with Crippen LogP contribution in [0, 0.1) is 0 Å². The molecule has 0 unspecified atom stereocenters. The summed E-state index contributed by atoms with van der Waals surface area (Å²) < 4.78 is 0. The van der Waals surface area contributed by atoms with E-state index in [0.717, 1.165) is 16.3 Å². The molecule has 0 atom stereocenters. The van der Waals surface area contributed by atoms with Crippen molar-refractivity contribution in [2.24, 2.45) is 0 Å². The van der Waals surface area contributed by atoms with Gasteiger partial charge in [0.2, 0.25) is 0 Å². The van der Waals surface area contributed by atoms with Crippen molar-refractivity contribution in [2.45, 2.75) is 0 Å². The van der Waals surface area contributed by atoms with E-state index in [-0.39, 0.29) is 0 Å². The highest BCUT2D eigenvalue weighted by Gasteiger charge is 2.00. The van der Waals surface area contributed by atoms with Gasteiger partial charge in [0.1, 0.15) is 5.75 Å². The molecule has 0 fully saturated rings. The number of hydrogen-bond acceptors (Lipinski definition) is 1. The van der Waals surface area contributed by atoms with Crippen molar-refractivity contribution in [1.82, 2.24) is 0 Å². The van der Waals surface area contributed by atoms with E-state index in [1.807, 2.05) is 30.3 Å². The molecule has 0 aliphatic rings. The Bertz CT molecular complexity index is 458. The van der Waals surface area contributed by atoms with Gasteiger partial charge in [0.05, 0.1) is 0 Å². The first-order valence-electron chi connectivity index (χ1n) is 4.16. The van der Waals surface area contributed by atoms with Crippen LogP contribution in [0.4, 0.5) is 0 Å². The average Bonchev–Trinajstić information content (AvgIpc) is 2.19. The lowest BCUT2D eigenvalue weighted by Crippen LogP contribution is -1.77. The van der Waals surface area contributed by atoms with Crippen LogP contribution in [0.2, 0.25) is 0 Å². The molecule has 0 bridgehead atoms. The van der Waals surface area contributed by atoms with E-state index in [0.29, 0.717) is 5.75 Å². The van der Waals surface area contributed by atoms with Gasteiger partial charge in [-0.2, -0.15) is 0 Å². The number of phenols is 1. The van der Waals surface area contributed by atoms with E-state index in [4.69, 9.17) is 0 Å². The Kier molecular flexibility index (Phi) is 1.78. The van der Waals surface area contributed by atoms with Crippen molar-refractivity contribution >= 4 is 16.8 Å². The van der Waals surface area contributed by atoms with Gasteiger partial charge in [-0.1, -0.05) is 43.0 Å². The van der Waals surface area contributed by atoms with Crippen LogP contribution in [0.25, 0.3) is 16.8 Å². The van der Waals surface area contributed by atoms with E-state index >= 15 is 0 Å². The Labute approximate surface area is 76.9 Å². The first-order valence-corrected chi connectivity index (χ1v) is 4.16. The van der Waals surface area contributed by atoms with Gasteiger partial charge in [0.15, 0.2) is 0 Å². The van der Waals surface area contributed by atoms with Crippen LogP contribution in [-0.4, -0.2) is 5.11 Å². The second-order valence-corrected chi connectivity index (χ2v) is 2.92. The molecule has 1 N–H and O–H groups in total. The van der Waals surface area contributed by atoms with Crippen LogP contribution >= 0.6 is 0 Å². The van der Waals surface area contributed by atoms with E-state index in [1.54, 1.807) is 12.1 Å². The maximum absolute atomic E-state index is 9.56. The topological polar surface area (TPSA) is 20.2 Å². The number of benzene rings is 2. The molecule has 2 aromatic rings. The third kappa shape index (κ3) is 1.18. The molecule has 0 spiro atoms. The fraction of sp³-hybridized carbons (Fsp3) is 0. The van der Waals surface area contributed by atoms with Gasteiger partial charge in [0, 0.05) is 5.39 Å². The summed E-state index contributed by atoms with van der Waals surface area (Å²) in [4.78, 5) is 0. The fourth-order valence-corrected chi connectivity index (χ4v) is 1.48. The summed E-state index contributed by atoms with van der Waals surface area (Å²) in [6, 6.07) is 11.3. The van der Waals surface area contributed by atoms with Crippen LogP contribution in [0.5, 0.6) is 5.75 Å². The molecule has 1 heteroatoms. The minimum atomic E-state index is 0.321. The molecule has 0 aliphatic carbocycles. The Morgan fingerprint density at radius 2 is 1.69 bits per heavy atom. The molecule has 1 nitrogen and oxygen atoms in total. The lowest BCUT2D eigenvalue weighted by Gasteiger charge is -2.03. The third-order valence-corrected chi connectivity index (χ3v) is 2.15. The van der Waals surface area contributed by atoms with Crippen LogP contribution in [0.3, 0.4) is 0 Å². The van der Waals surface area contributed by atoms with Crippen molar-refractivity contribution in [3.63, 3.8) is 0 Å². The van der Waals surface area contributed by atoms with Crippen LogP contribution in [-0.2, 0) is 0 Å². The molecule has 64 valence electrons. The molecule has 0 aliphatic heterocycles. The van der Waals surface area contributed by atoms with Crippen molar-refractivity contribution in [3.8, 4) is 5.75 Å². The summed E-state index contributed by atoms with van der Waals surface area (Å²) in [7, 11) is 0. The maximum Gasteiger partial charge on any atom is 0.123 e. The molecular weight excluding hydrogens is 160 g/mol. The first kappa shape index (κ1) is 7.87. The summed E-state index contributed by atoms with van der Waals surface area (Å²) in [5.74, 6) is 0.321. The number of rotatable bonds is 1. The molecular formula is C12H10O. The third-order valence-electron chi connectivity index (χ3n) is 2.15. The smallest absolute Gasteiger partial charge is 0.123 e. The SMILES string of the molecule is C=Cc1ccc(O)c2ccccc12. The normalized spacial score (nSPS) is 10.2. The zero-order valence-corrected chi connectivity index (χ0v) is 7.20. The largest absolute Gasteiger partial charge is 0.507 e. The van der Waals surface area contributed by atoms with Crippen molar-refractivity contribution < 1.29 is 5.11 Å². The first-order chi connectivity index (χ1) is 6.33. The van der Waals surface area contributed by atoms with Gasteiger partial charge >= 0.3 is 0 Å². The van der Waals surface area contributed by atoms with Gasteiger partial charge in [-0.05, 0) is 17.0 Å². The lowest BCUT2D eigenvalue weighted by molar-refractivity contribution is 0.481. The van der Waals surface area contributed by atoms with E-state index < -0.39 is 0 Å². The summed E-state index contributed by atoms with van der Waals surface area (Å²) in [5, 5.41) is 11.5. The van der Waals surface area contributed by atoms with Gasteiger partial charge in [-0.15, -0.1) is 0 Å². The molecule has 2 aromatic carbocycles. The predicted molar refractivity (Wildman–Crippen MR) is 55.7 cm³/mol. The fourth-order valence-electron chi connectivity index (χ4n) is 1.48. The van der Waals surface area contributed by atoms with Gasteiger partial charge in [-0.3, -0.25) is 0 Å². The van der Waals surface area contributed by atoms with Gasteiger partial charge < -0.3 is 5.11 Å². The van der Waals surface area contributed by atoms with Gasteiger partial charge in [-0.25, -0.2) is 0 Å². The second-order valence-electron chi connectivity index (χ2n) is 2.92. The summed E-state index contributed by atoms with van der Waals surface area (Å²) in [5.41, 5.74) is 1.05. The molecule has 2 rings (SSSR count). The molecule has 0 saturated carbocycles. The van der Waals surface area contributed by atoms with Crippen molar-refractivity contribution in [1.29, 1.82) is 0 Å². The summed E-state index contributed by atoms with van der Waals surface area (Å²) in [6.07, 6.45) is 1.79. The molecule has 0 radical (unpaired) electrons. The van der Waals surface area contributed by atoms with E-state index in [9.17, 15) is 5.11 Å². The van der Waals surface area contributed by atoms with Crippen molar-refractivity contribution in [3.05, 3.63) is 48.5 Å². The van der Waals surface area contributed by atoms with Crippen LogP contribution in [0.15, 0.2) is 43.0 Å². The van der Waals surface area contributed by atoms with Crippen LogP contribution < -0.4 is 0 Å². The number of fused-ring (bicyclic) bond motifs is 1. The molecule has 13 heavy (non-hydrogen) atoms. The average molecular weight is 170 g/mol. The van der Waals surface area contributed by atoms with Crippen molar-refractivity contribution in [2.75, 3.05) is 0 Å². The zero-order valence-electron chi connectivity index (χ0n) is 7.20. The molecule has 0 saturated heterocycles. The van der Waals surface area contributed by atoms with E-state index in [2.05, 4.69) is 6.58 Å². The van der Waals surface area contributed by atoms with Gasteiger partial charge in [0.25, 0.3) is 0 Å². The van der Waals surface area contributed by atoms with Crippen LogP contribution in [0.1, 0.15) is 5.56 Å². The standard InChI is InChI=1S/C12H10O/c1-2-9-7-8-12(13)11-6-4-3-5-10(9)11/h2-8,13H,1H2. The second kappa shape index (κ2) is 2.94. The quantitative estimate of drug-likeness (QED) is 0.696. The number of phenolic OH excluding ortho intramolecular Hbond substituents is 1. The molecule has 0 amide bonds. The lowest BCUT2D eigenvalue weighted by atomic mass is 10.0. The predicted octanol–water partition coefficient (Wildman–Crippen LogP) is 3.19. The Hall–Kier alpha value is -1.76. The highest BCUT2D eigenvalue weighted by molar-refractivity contribution is 5.94. The number of hydrogen-bond donors (Lipinski definition) is 1. The Morgan fingerprint density at radius 1 is 1.00 bits per heavy atom. The minimum Gasteiger partial charge on any atom is -0.507 e. The van der Waals surface area contributed by atoms with E-state index in [1.165, 1.54) is 0 Å². The molecule has 0 aromatic heterocycles.